The number of carbonyl (C=O) groups is 2. The molecule has 3 fully saturated rings. The van der Waals surface area contributed by atoms with Crippen LogP contribution >= 0.6 is 0 Å². The number of aliphatic carboxylic acids is 1. The maximum atomic E-state index is 12.1. The molecule has 3 aliphatic carbocycles. The van der Waals surface area contributed by atoms with Crippen LogP contribution in [0.3, 0.4) is 0 Å². The first kappa shape index (κ1) is 13.1. The summed E-state index contributed by atoms with van der Waals surface area (Å²) in [5.74, 6) is -0.641. The first-order valence-corrected chi connectivity index (χ1v) is 7.23. The average molecular weight is 266 g/mol. The lowest BCUT2D eigenvalue weighted by molar-refractivity contribution is -0.152. The number of hydrogen-bond donors (Lipinski definition) is 2. The van der Waals surface area contributed by atoms with Crippen LogP contribution in [0.25, 0.3) is 0 Å². The molecule has 4 heteroatoms. The van der Waals surface area contributed by atoms with E-state index in [0.29, 0.717) is 25.2 Å². The monoisotopic (exact) mass is 266 g/mol. The Bertz CT molecular complexity index is 445. The molecule has 3 saturated carbocycles. The number of rotatable bonds is 2. The van der Waals surface area contributed by atoms with Crippen molar-refractivity contribution < 1.29 is 19.8 Å². The summed E-state index contributed by atoms with van der Waals surface area (Å²) in [6, 6.07) is 0. The third-order valence-corrected chi connectivity index (χ3v) is 6.57. The van der Waals surface area contributed by atoms with E-state index in [1.165, 1.54) is 0 Å². The van der Waals surface area contributed by atoms with Crippen LogP contribution in [0.2, 0.25) is 0 Å². The second kappa shape index (κ2) is 3.81. The third-order valence-electron chi connectivity index (χ3n) is 6.57. The second-order valence-corrected chi connectivity index (χ2v) is 7.17. The van der Waals surface area contributed by atoms with Crippen molar-refractivity contribution in [2.75, 3.05) is 6.61 Å². The fraction of sp³-hybridized carbons (Fsp3) is 0.867. The summed E-state index contributed by atoms with van der Waals surface area (Å²) >= 11 is 0. The molecule has 2 N–H and O–H groups in total. The molecule has 3 rings (SSSR count). The molecular formula is C15H22O4. The lowest BCUT2D eigenvalue weighted by Gasteiger charge is -2.43. The van der Waals surface area contributed by atoms with Gasteiger partial charge >= 0.3 is 5.97 Å². The van der Waals surface area contributed by atoms with Crippen LogP contribution in [0, 0.1) is 34.5 Å². The van der Waals surface area contributed by atoms with Crippen molar-refractivity contribution in [3.05, 3.63) is 0 Å². The number of aliphatic hydroxyl groups excluding tert-OH is 1. The first-order valence-electron chi connectivity index (χ1n) is 7.23. The Morgan fingerprint density at radius 1 is 1.37 bits per heavy atom. The predicted octanol–water partition coefficient (Wildman–Crippen LogP) is 1.71. The number of aliphatic hydroxyl groups is 1. The fourth-order valence-corrected chi connectivity index (χ4v) is 5.70. The van der Waals surface area contributed by atoms with Gasteiger partial charge in [-0.2, -0.15) is 0 Å². The number of carboxylic acid groups (broad SMARTS) is 1. The van der Waals surface area contributed by atoms with Gasteiger partial charge in [-0.05, 0) is 41.9 Å². The maximum absolute atomic E-state index is 12.1. The molecule has 0 amide bonds. The maximum Gasteiger partial charge on any atom is 0.307 e. The SMILES string of the molecule is C[C@@H]1C(=O)C[C@@H]2[C@H]3CC[C@@H](C(=O)O)[C@@]12C[C@]3(C)CO. The van der Waals surface area contributed by atoms with Crippen LogP contribution in [-0.2, 0) is 9.59 Å². The molecule has 106 valence electrons. The summed E-state index contributed by atoms with van der Waals surface area (Å²) in [5, 5.41) is 19.3. The van der Waals surface area contributed by atoms with Crippen LogP contribution in [0.5, 0.6) is 0 Å². The molecule has 0 radical (unpaired) electrons. The Hall–Kier alpha value is -0.900. The molecule has 0 saturated heterocycles. The highest BCUT2D eigenvalue weighted by molar-refractivity contribution is 5.87. The molecule has 0 aromatic carbocycles. The van der Waals surface area contributed by atoms with Crippen LogP contribution < -0.4 is 0 Å². The molecule has 0 unspecified atom stereocenters. The summed E-state index contributed by atoms with van der Waals surface area (Å²) in [4.78, 5) is 23.8. The minimum atomic E-state index is -0.757. The van der Waals surface area contributed by atoms with Gasteiger partial charge in [0.15, 0.2) is 0 Å². The molecular weight excluding hydrogens is 244 g/mol. The summed E-state index contributed by atoms with van der Waals surface area (Å²) in [6.45, 7) is 4.08. The van der Waals surface area contributed by atoms with Gasteiger partial charge in [0.1, 0.15) is 5.78 Å². The van der Waals surface area contributed by atoms with E-state index in [0.717, 1.165) is 6.42 Å². The van der Waals surface area contributed by atoms with Gasteiger partial charge in [0.25, 0.3) is 0 Å². The van der Waals surface area contributed by atoms with Gasteiger partial charge in [-0.15, -0.1) is 0 Å². The van der Waals surface area contributed by atoms with Crippen molar-refractivity contribution in [2.24, 2.45) is 34.5 Å². The standard InChI is InChI=1S/C15H22O4/c1-8-12(17)5-11-9-3-4-10(13(18)19)15(8,11)6-14(9,2)7-16/h8-11,16H,3-7H2,1-2H3,(H,18,19)/t8-,9-,10+,11-,14-,15-/m1/s1. The van der Waals surface area contributed by atoms with Crippen molar-refractivity contribution in [1.82, 2.24) is 0 Å². The Kier molecular flexibility index (Phi) is 2.63. The Morgan fingerprint density at radius 3 is 2.63 bits per heavy atom. The Morgan fingerprint density at radius 2 is 2.05 bits per heavy atom. The van der Waals surface area contributed by atoms with Gasteiger partial charge in [-0.1, -0.05) is 13.8 Å². The zero-order valence-electron chi connectivity index (χ0n) is 11.6. The lowest BCUT2D eigenvalue weighted by atomic mass is 9.59. The number of Topliss-reactive ketones (excluding diaryl/α,β-unsaturated/α-hetero) is 1. The minimum absolute atomic E-state index is 0.100. The summed E-state index contributed by atoms with van der Waals surface area (Å²) in [5.41, 5.74) is -0.604. The van der Waals surface area contributed by atoms with E-state index in [1.54, 1.807) is 0 Å². The van der Waals surface area contributed by atoms with Crippen LogP contribution in [0.15, 0.2) is 0 Å². The lowest BCUT2D eigenvalue weighted by Crippen LogP contribution is -2.44. The van der Waals surface area contributed by atoms with Gasteiger partial charge in [0, 0.05) is 18.9 Å². The summed E-state index contributed by atoms with van der Waals surface area (Å²) < 4.78 is 0. The van der Waals surface area contributed by atoms with Gasteiger partial charge in [0.2, 0.25) is 0 Å². The molecule has 0 heterocycles. The quantitative estimate of drug-likeness (QED) is 0.798. The minimum Gasteiger partial charge on any atom is -0.481 e. The molecule has 19 heavy (non-hydrogen) atoms. The van der Waals surface area contributed by atoms with E-state index < -0.39 is 17.3 Å². The second-order valence-electron chi connectivity index (χ2n) is 7.17. The first-order chi connectivity index (χ1) is 8.86. The molecule has 0 aromatic heterocycles. The van der Waals surface area contributed by atoms with Crippen molar-refractivity contribution in [3.8, 4) is 0 Å². The average Bonchev–Trinajstić information content (AvgIpc) is 2.68. The number of carbonyl (C=O) groups excluding carboxylic acids is 1. The van der Waals surface area contributed by atoms with E-state index in [-0.39, 0.29) is 29.6 Å². The number of ketones is 1. The highest BCUT2D eigenvalue weighted by atomic mass is 16.4. The molecule has 2 bridgehead atoms. The van der Waals surface area contributed by atoms with Crippen LogP contribution in [0.4, 0.5) is 0 Å². The van der Waals surface area contributed by atoms with Gasteiger partial charge in [-0.3, -0.25) is 9.59 Å². The fourth-order valence-electron chi connectivity index (χ4n) is 5.70. The Balaban J connectivity index is 2.12. The smallest absolute Gasteiger partial charge is 0.307 e. The Labute approximate surface area is 113 Å². The normalized spacial score (nSPS) is 52.3. The van der Waals surface area contributed by atoms with Gasteiger partial charge in [-0.25, -0.2) is 0 Å². The van der Waals surface area contributed by atoms with E-state index in [9.17, 15) is 19.8 Å². The molecule has 3 aliphatic rings. The van der Waals surface area contributed by atoms with Crippen molar-refractivity contribution in [2.45, 2.75) is 39.5 Å². The topological polar surface area (TPSA) is 74.6 Å². The van der Waals surface area contributed by atoms with E-state index in [1.807, 2.05) is 6.92 Å². The molecule has 6 atom stereocenters. The predicted molar refractivity (Wildman–Crippen MR) is 68.4 cm³/mol. The van der Waals surface area contributed by atoms with Gasteiger partial charge in [0.05, 0.1) is 5.92 Å². The zero-order chi connectivity index (χ0) is 14.0. The highest BCUT2D eigenvalue weighted by Crippen LogP contribution is 2.72. The van der Waals surface area contributed by atoms with Crippen LogP contribution in [-0.4, -0.2) is 28.6 Å². The molecule has 0 spiro atoms. The number of carboxylic acids is 1. The largest absolute Gasteiger partial charge is 0.481 e. The molecule has 0 aliphatic heterocycles. The zero-order valence-corrected chi connectivity index (χ0v) is 11.6. The van der Waals surface area contributed by atoms with E-state index in [4.69, 9.17) is 0 Å². The van der Waals surface area contributed by atoms with Crippen molar-refractivity contribution in [3.63, 3.8) is 0 Å². The van der Waals surface area contributed by atoms with E-state index in [2.05, 4.69) is 6.92 Å². The highest BCUT2D eigenvalue weighted by Gasteiger charge is 2.70. The van der Waals surface area contributed by atoms with E-state index >= 15 is 0 Å². The van der Waals surface area contributed by atoms with Crippen molar-refractivity contribution >= 4 is 11.8 Å². The molecule has 4 nitrogen and oxygen atoms in total. The summed E-state index contributed by atoms with van der Waals surface area (Å²) in [7, 11) is 0. The van der Waals surface area contributed by atoms with Crippen LogP contribution in [0.1, 0.15) is 39.5 Å². The molecule has 0 aromatic rings. The van der Waals surface area contributed by atoms with Crippen molar-refractivity contribution in [1.29, 1.82) is 0 Å². The van der Waals surface area contributed by atoms with Gasteiger partial charge < -0.3 is 10.2 Å². The number of hydrogen-bond acceptors (Lipinski definition) is 3. The summed E-state index contributed by atoms with van der Waals surface area (Å²) in [6.07, 6.45) is 2.70. The third kappa shape index (κ3) is 1.38.